The molecule has 0 aliphatic heterocycles. The van der Waals surface area contributed by atoms with Crippen molar-refractivity contribution in [1.82, 2.24) is 0 Å². The van der Waals surface area contributed by atoms with Crippen LogP contribution in [0.5, 0.6) is 0 Å². The zero-order chi connectivity index (χ0) is 13.5. The van der Waals surface area contributed by atoms with Crippen LogP contribution < -0.4 is 11.5 Å². The van der Waals surface area contributed by atoms with Gasteiger partial charge in [-0.15, -0.1) is 0 Å². The molecule has 0 saturated carbocycles. The van der Waals surface area contributed by atoms with Crippen LogP contribution in [0.3, 0.4) is 0 Å². The molecule has 4 unspecified atom stereocenters. The van der Waals surface area contributed by atoms with Gasteiger partial charge in [0, 0.05) is 0 Å². The highest BCUT2D eigenvalue weighted by molar-refractivity contribution is 5.74. The molecule has 0 aliphatic rings. The van der Waals surface area contributed by atoms with E-state index in [-0.39, 0.29) is 5.48 Å². The number of aliphatic hydroxyl groups excluding tert-OH is 2. The van der Waals surface area contributed by atoms with Gasteiger partial charge in [0.25, 0.3) is 0 Å². The predicted octanol–water partition coefficient (Wildman–Crippen LogP) is -3.27. The number of hydrogen-bond donors (Lipinski definition) is 6. The summed E-state index contributed by atoms with van der Waals surface area (Å²) in [6.45, 7) is 2.66. The third kappa shape index (κ3) is 11.0. The van der Waals surface area contributed by atoms with Crippen molar-refractivity contribution in [3.8, 4) is 0 Å². The second kappa shape index (κ2) is 9.93. The Balaban J connectivity index is -0.000000218. The lowest BCUT2D eigenvalue weighted by Crippen LogP contribution is -2.39. The summed E-state index contributed by atoms with van der Waals surface area (Å²) < 4.78 is 0. The zero-order valence-electron chi connectivity index (χ0n) is 9.57. The lowest BCUT2D eigenvalue weighted by Gasteiger charge is -2.07. The largest absolute Gasteiger partial charge is 0.480 e. The number of carboxylic acids is 2. The van der Waals surface area contributed by atoms with E-state index in [2.05, 4.69) is 0 Å². The summed E-state index contributed by atoms with van der Waals surface area (Å²) in [6.07, 6.45) is -1.96. The molecule has 0 amide bonds. The first kappa shape index (κ1) is 21.1. The minimum Gasteiger partial charge on any atom is -0.480 e. The lowest BCUT2D eigenvalue weighted by molar-refractivity contribution is -0.141. The Labute approximate surface area is 98.0 Å². The SMILES string of the molecule is CC(O)C(N)C(=O)O.CC(O)C(N)C(=O)O.O. The predicted molar refractivity (Wildman–Crippen MR) is 58.2 cm³/mol. The van der Waals surface area contributed by atoms with Crippen molar-refractivity contribution < 1.29 is 35.5 Å². The molecular weight excluding hydrogens is 236 g/mol. The van der Waals surface area contributed by atoms with Crippen molar-refractivity contribution in [1.29, 1.82) is 0 Å². The monoisotopic (exact) mass is 256 g/mol. The summed E-state index contributed by atoms with van der Waals surface area (Å²) in [5.41, 5.74) is 9.82. The summed E-state index contributed by atoms with van der Waals surface area (Å²) in [5, 5.41) is 33.1. The molecule has 0 aromatic carbocycles. The van der Waals surface area contributed by atoms with Crippen molar-refractivity contribution in [2.75, 3.05) is 0 Å². The van der Waals surface area contributed by atoms with E-state index in [1.54, 1.807) is 0 Å². The third-order valence-electron chi connectivity index (χ3n) is 1.61. The van der Waals surface area contributed by atoms with Crippen LogP contribution in [0.25, 0.3) is 0 Å². The van der Waals surface area contributed by atoms with Gasteiger partial charge in [0.2, 0.25) is 0 Å². The number of hydrogen-bond acceptors (Lipinski definition) is 6. The highest BCUT2D eigenvalue weighted by Gasteiger charge is 2.16. The second-order valence-electron chi connectivity index (χ2n) is 3.21. The van der Waals surface area contributed by atoms with Crippen LogP contribution >= 0.6 is 0 Å². The van der Waals surface area contributed by atoms with Crippen molar-refractivity contribution in [2.24, 2.45) is 11.5 Å². The summed E-state index contributed by atoms with van der Waals surface area (Å²) in [7, 11) is 0. The van der Waals surface area contributed by atoms with Gasteiger partial charge in [0.1, 0.15) is 12.1 Å². The Morgan fingerprint density at radius 3 is 1.06 bits per heavy atom. The Kier molecular flexibility index (Phi) is 12.3. The topological polar surface area (TPSA) is 199 Å². The minimum absolute atomic E-state index is 0. The zero-order valence-corrected chi connectivity index (χ0v) is 9.57. The van der Waals surface area contributed by atoms with Gasteiger partial charge in [-0.1, -0.05) is 0 Å². The van der Waals surface area contributed by atoms with E-state index in [4.69, 9.17) is 31.9 Å². The smallest absolute Gasteiger partial charge is 0.323 e. The summed E-state index contributed by atoms with van der Waals surface area (Å²) >= 11 is 0. The molecule has 17 heavy (non-hydrogen) atoms. The highest BCUT2D eigenvalue weighted by atomic mass is 16.4. The van der Waals surface area contributed by atoms with Gasteiger partial charge in [-0.25, -0.2) is 0 Å². The lowest BCUT2D eigenvalue weighted by atomic mass is 10.2. The van der Waals surface area contributed by atoms with Crippen molar-refractivity contribution in [3.05, 3.63) is 0 Å². The first-order valence-corrected chi connectivity index (χ1v) is 4.44. The maximum absolute atomic E-state index is 9.86. The average Bonchev–Trinajstić information content (AvgIpc) is 2.15. The first-order valence-electron chi connectivity index (χ1n) is 4.44. The van der Waals surface area contributed by atoms with E-state index in [0.29, 0.717) is 0 Å². The van der Waals surface area contributed by atoms with E-state index < -0.39 is 36.2 Å². The number of aliphatic carboxylic acids is 2. The fourth-order valence-corrected chi connectivity index (χ4v) is 0.413. The Morgan fingerprint density at radius 2 is 1.06 bits per heavy atom. The quantitative estimate of drug-likeness (QED) is 0.301. The Morgan fingerprint density at radius 1 is 0.882 bits per heavy atom. The van der Waals surface area contributed by atoms with E-state index in [9.17, 15) is 9.59 Å². The summed E-state index contributed by atoms with van der Waals surface area (Å²) in [6, 6.07) is -2.31. The van der Waals surface area contributed by atoms with Crippen LogP contribution in [0.1, 0.15) is 13.8 Å². The molecule has 0 saturated heterocycles. The number of rotatable bonds is 4. The van der Waals surface area contributed by atoms with Crippen molar-refractivity contribution in [2.45, 2.75) is 38.1 Å². The number of nitrogens with two attached hydrogens (primary N) is 2. The molecule has 10 N–H and O–H groups in total. The van der Waals surface area contributed by atoms with Crippen LogP contribution in [0.4, 0.5) is 0 Å². The van der Waals surface area contributed by atoms with Crippen LogP contribution in [0.2, 0.25) is 0 Å². The minimum atomic E-state index is -1.18. The maximum Gasteiger partial charge on any atom is 0.323 e. The molecule has 104 valence electrons. The van der Waals surface area contributed by atoms with Crippen LogP contribution in [-0.4, -0.2) is 62.1 Å². The Bertz CT molecular complexity index is 208. The van der Waals surface area contributed by atoms with Crippen LogP contribution in [0, 0.1) is 0 Å². The molecule has 0 aliphatic carbocycles. The third-order valence-corrected chi connectivity index (χ3v) is 1.61. The molecule has 0 rings (SSSR count). The Hall–Kier alpha value is -1.26. The molecule has 0 spiro atoms. The number of carbonyl (C=O) groups is 2. The molecule has 0 fully saturated rings. The standard InChI is InChI=1S/2C4H9NO3.H2O/c2*1-2(6)3(5)4(7)8;/h2*2-3,6H,5H2,1H3,(H,7,8);1H2. The van der Waals surface area contributed by atoms with Gasteiger partial charge in [0.15, 0.2) is 0 Å². The highest BCUT2D eigenvalue weighted by Crippen LogP contribution is 1.86. The fourth-order valence-electron chi connectivity index (χ4n) is 0.413. The van der Waals surface area contributed by atoms with Gasteiger partial charge >= 0.3 is 11.9 Å². The van der Waals surface area contributed by atoms with Crippen LogP contribution in [0.15, 0.2) is 0 Å². The van der Waals surface area contributed by atoms with Crippen LogP contribution in [-0.2, 0) is 9.59 Å². The van der Waals surface area contributed by atoms with Crippen molar-refractivity contribution >= 4 is 11.9 Å². The van der Waals surface area contributed by atoms with Gasteiger partial charge in [-0.3, -0.25) is 9.59 Å². The van der Waals surface area contributed by atoms with E-state index in [0.717, 1.165) is 0 Å². The van der Waals surface area contributed by atoms with Crippen molar-refractivity contribution in [3.63, 3.8) is 0 Å². The average molecular weight is 256 g/mol. The van der Waals surface area contributed by atoms with Gasteiger partial charge in [-0.05, 0) is 13.8 Å². The summed E-state index contributed by atoms with van der Waals surface area (Å²) in [4.78, 5) is 19.7. The van der Waals surface area contributed by atoms with E-state index >= 15 is 0 Å². The second-order valence-corrected chi connectivity index (χ2v) is 3.21. The van der Waals surface area contributed by atoms with Gasteiger partial charge in [-0.2, -0.15) is 0 Å². The number of aliphatic hydroxyl groups is 2. The molecule has 0 bridgehead atoms. The normalized spacial score (nSPS) is 16.4. The molecule has 4 atom stereocenters. The van der Waals surface area contributed by atoms with E-state index in [1.807, 2.05) is 0 Å². The molecule has 9 heteroatoms. The molecule has 9 nitrogen and oxygen atoms in total. The first-order chi connectivity index (χ1) is 7.11. The molecule has 0 aromatic rings. The molecule has 0 heterocycles. The maximum atomic E-state index is 9.86. The van der Waals surface area contributed by atoms with Gasteiger partial charge < -0.3 is 37.4 Å². The molecular formula is C8H20N2O7. The summed E-state index contributed by atoms with van der Waals surface area (Å²) in [5.74, 6) is -2.36. The molecule has 0 aromatic heterocycles. The molecule has 0 radical (unpaired) electrons. The number of carboxylic acid groups (broad SMARTS) is 2. The fraction of sp³-hybridized carbons (Fsp3) is 0.750. The van der Waals surface area contributed by atoms with Gasteiger partial charge in [0.05, 0.1) is 12.2 Å². The van der Waals surface area contributed by atoms with E-state index in [1.165, 1.54) is 13.8 Å².